The lowest BCUT2D eigenvalue weighted by Gasteiger charge is -2.26. The summed E-state index contributed by atoms with van der Waals surface area (Å²) < 4.78 is 0. The lowest BCUT2D eigenvalue weighted by Crippen LogP contribution is -2.30. The van der Waals surface area contributed by atoms with E-state index in [0.717, 1.165) is 11.8 Å². The minimum atomic E-state index is 0. The average molecular weight is 379 g/mol. The summed E-state index contributed by atoms with van der Waals surface area (Å²) in [6.45, 7) is 4.96. The van der Waals surface area contributed by atoms with Crippen molar-refractivity contribution in [1.82, 2.24) is 9.80 Å². The average Bonchev–Trinajstić information content (AvgIpc) is 3.10. The molecule has 0 aromatic heterocycles. The molecule has 0 unspecified atom stereocenters. The van der Waals surface area contributed by atoms with Crippen LogP contribution in [0.3, 0.4) is 0 Å². The molecule has 2 heterocycles. The number of fused-ring (bicyclic) bond motifs is 1. The molecule has 0 spiro atoms. The predicted molar refractivity (Wildman–Crippen MR) is 110 cm³/mol. The zero-order valence-electron chi connectivity index (χ0n) is 14.8. The molecule has 0 aliphatic carbocycles. The minimum absolute atomic E-state index is 0. The van der Waals surface area contributed by atoms with Gasteiger partial charge in [0.05, 0.1) is 0 Å². The van der Waals surface area contributed by atoms with Gasteiger partial charge in [-0.05, 0) is 36.4 Å². The molecule has 25 heavy (non-hydrogen) atoms. The third-order valence-corrected chi connectivity index (χ3v) is 5.67. The molecule has 0 N–H and O–H groups in total. The summed E-state index contributed by atoms with van der Waals surface area (Å²) in [5.74, 6) is 1.62. The van der Waals surface area contributed by atoms with Crippen molar-refractivity contribution in [3.63, 3.8) is 0 Å². The molecule has 2 saturated heterocycles. The number of nitrogens with zero attached hydrogens (tertiary/aromatic N) is 2. The van der Waals surface area contributed by atoms with Gasteiger partial charge in [0.25, 0.3) is 0 Å². The van der Waals surface area contributed by atoms with Crippen LogP contribution in [0, 0.1) is 11.8 Å². The van der Waals surface area contributed by atoms with E-state index in [4.69, 9.17) is 0 Å². The van der Waals surface area contributed by atoms with Crippen molar-refractivity contribution >= 4 is 24.8 Å². The van der Waals surface area contributed by atoms with E-state index in [2.05, 4.69) is 77.5 Å². The Morgan fingerprint density at radius 2 is 1.48 bits per heavy atom. The number of rotatable bonds is 4. The standard InChI is InChI=1S/C21H26N2.2ClH/c1-22-14-19-15-23(13-12-17-8-4-2-5-9-17)16-20(19)21(22)18-10-6-3-7-11-18;;/h2-11,19-21H,12-16H2,1H3;2*1H/t19-,20+,21-;;/m0../s1. The van der Waals surface area contributed by atoms with Crippen LogP contribution in [0.2, 0.25) is 0 Å². The molecule has 3 atom stereocenters. The molecule has 136 valence electrons. The smallest absolute Gasteiger partial charge is 0.0389 e. The fraction of sp³-hybridized carbons (Fsp3) is 0.429. The van der Waals surface area contributed by atoms with Crippen LogP contribution in [0.25, 0.3) is 0 Å². The van der Waals surface area contributed by atoms with Gasteiger partial charge in [-0.2, -0.15) is 0 Å². The maximum absolute atomic E-state index is 2.69. The Kier molecular flexibility index (Phi) is 7.33. The monoisotopic (exact) mass is 378 g/mol. The van der Waals surface area contributed by atoms with Gasteiger partial charge in [0, 0.05) is 32.2 Å². The van der Waals surface area contributed by atoms with Crippen molar-refractivity contribution in [3.05, 3.63) is 71.8 Å². The second-order valence-electron chi connectivity index (χ2n) is 7.21. The van der Waals surface area contributed by atoms with E-state index in [1.165, 1.54) is 43.7 Å². The highest BCUT2D eigenvalue weighted by molar-refractivity contribution is 5.85. The maximum atomic E-state index is 2.69. The van der Waals surface area contributed by atoms with Gasteiger partial charge < -0.3 is 4.90 Å². The molecular weight excluding hydrogens is 351 g/mol. The third kappa shape index (κ3) is 4.38. The Hall–Kier alpha value is -1.06. The third-order valence-electron chi connectivity index (χ3n) is 5.67. The molecule has 0 amide bonds. The first-order chi connectivity index (χ1) is 11.3. The van der Waals surface area contributed by atoms with Gasteiger partial charge in [0.1, 0.15) is 0 Å². The number of halogens is 2. The zero-order chi connectivity index (χ0) is 15.6. The highest BCUT2D eigenvalue weighted by atomic mass is 35.5. The Labute approximate surface area is 164 Å². The molecule has 2 aromatic carbocycles. The van der Waals surface area contributed by atoms with E-state index >= 15 is 0 Å². The van der Waals surface area contributed by atoms with Crippen molar-refractivity contribution in [2.24, 2.45) is 11.8 Å². The van der Waals surface area contributed by atoms with Crippen molar-refractivity contribution in [3.8, 4) is 0 Å². The van der Waals surface area contributed by atoms with Crippen LogP contribution in [0.1, 0.15) is 17.2 Å². The number of hydrogen-bond acceptors (Lipinski definition) is 2. The van der Waals surface area contributed by atoms with E-state index < -0.39 is 0 Å². The van der Waals surface area contributed by atoms with Crippen molar-refractivity contribution in [1.29, 1.82) is 0 Å². The van der Waals surface area contributed by atoms with Crippen molar-refractivity contribution < 1.29 is 0 Å². The Bertz CT molecular complexity index is 635. The van der Waals surface area contributed by atoms with E-state index in [0.29, 0.717) is 6.04 Å². The van der Waals surface area contributed by atoms with Gasteiger partial charge in [-0.25, -0.2) is 0 Å². The van der Waals surface area contributed by atoms with Crippen LogP contribution in [0.4, 0.5) is 0 Å². The molecule has 2 aliphatic heterocycles. The summed E-state index contributed by atoms with van der Waals surface area (Å²) in [6.07, 6.45) is 1.17. The van der Waals surface area contributed by atoms with Crippen LogP contribution in [-0.4, -0.2) is 43.0 Å². The van der Waals surface area contributed by atoms with Gasteiger partial charge in [-0.3, -0.25) is 4.90 Å². The van der Waals surface area contributed by atoms with Gasteiger partial charge >= 0.3 is 0 Å². The fourth-order valence-corrected chi connectivity index (χ4v) is 4.62. The molecule has 4 rings (SSSR count). The van der Waals surface area contributed by atoms with E-state index in [-0.39, 0.29) is 24.8 Å². The van der Waals surface area contributed by atoms with E-state index in [1.54, 1.807) is 0 Å². The lowest BCUT2D eigenvalue weighted by atomic mass is 9.90. The van der Waals surface area contributed by atoms with Crippen LogP contribution in [0.15, 0.2) is 60.7 Å². The second kappa shape index (κ2) is 9.05. The first-order valence-electron chi connectivity index (χ1n) is 8.83. The van der Waals surface area contributed by atoms with Gasteiger partial charge in [-0.1, -0.05) is 60.7 Å². The summed E-state index contributed by atoms with van der Waals surface area (Å²) in [4.78, 5) is 5.25. The maximum Gasteiger partial charge on any atom is 0.0389 e. The topological polar surface area (TPSA) is 6.48 Å². The highest BCUT2D eigenvalue weighted by Gasteiger charge is 2.45. The van der Waals surface area contributed by atoms with Crippen LogP contribution in [-0.2, 0) is 6.42 Å². The summed E-state index contributed by atoms with van der Waals surface area (Å²) in [5, 5.41) is 0. The summed E-state index contributed by atoms with van der Waals surface area (Å²) in [5.41, 5.74) is 2.95. The first kappa shape index (κ1) is 20.3. The molecule has 2 nitrogen and oxygen atoms in total. The molecule has 0 bridgehead atoms. The molecule has 4 heteroatoms. The molecule has 2 aromatic rings. The van der Waals surface area contributed by atoms with E-state index in [1.807, 2.05) is 0 Å². The van der Waals surface area contributed by atoms with Crippen molar-refractivity contribution in [2.75, 3.05) is 33.2 Å². The number of hydrogen-bond donors (Lipinski definition) is 0. The summed E-state index contributed by atoms with van der Waals surface area (Å²) in [6, 6.07) is 22.6. The molecular formula is C21H28Cl2N2. The summed E-state index contributed by atoms with van der Waals surface area (Å²) >= 11 is 0. The van der Waals surface area contributed by atoms with Gasteiger partial charge in [-0.15, -0.1) is 24.8 Å². The van der Waals surface area contributed by atoms with Gasteiger partial charge in [0.2, 0.25) is 0 Å². The normalized spacial score (nSPS) is 25.9. The number of likely N-dealkylation sites (tertiary alicyclic amines) is 2. The largest absolute Gasteiger partial charge is 0.302 e. The molecule has 0 radical (unpaired) electrons. The van der Waals surface area contributed by atoms with Crippen molar-refractivity contribution in [2.45, 2.75) is 12.5 Å². The van der Waals surface area contributed by atoms with Gasteiger partial charge in [0.15, 0.2) is 0 Å². The number of benzene rings is 2. The van der Waals surface area contributed by atoms with Crippen LogP contribution < -0.4 is 0 Å². The summed E-state index contributed by atoms with van der Waals surface area (Å²) in [7, 11) is 2.30. The highest BCUT2D eigenvalue weighted by Crippen LogP contribution is 2.43. The molecule has 2 aliphatic rings. The molecule has 0 saturated carbocycles. The van der Waals surface area contributed by atoms with E-state index in [9.17, 15) is 0 Å². The lowest BCUT2D eigenvalue weighted by molar-refractivity contribution is 0.229. The SMILES string of the molecule is CN1C[C@H]2CN(CCc3ccccc3)C[C@H]2[C@@H]1c1ccccc1.Cl.Cl. The van der Waals surface area contributed by atoms with Crippen LogP contribution in [0.5, 0.6) is 0 Å². The second-order valence-corrected chi connectivity index (χ2v) is 7.21. The Balaban J connectivity index is 0.00000113. The zero-order valence-corrected chi connectivity index (χ0v) is 16.4. The quantitative estimate of drug-likeness (QED) is 0.781. The molecule has 2 fully saturated rings. The Morgan fingerprint density at radius 3 is 2.16 bits per heavy atom. The Morgan fingerprint density at radius 1 is 0.840 bits per heavy atom. The predicted octanol–water partition coefficient (Wildman–Crippen LogP) is 4.31. The first-order valence-corrected chi connectivity index (χ1v) is 8.83. The fourth-order valence-electron chi connectivity index (χ4n) is 4.62. The minimum Gasteiger partial charge on any atom is -0.302 e. The van der Waals surface area contributed by atoms with Crippen LogP contribution >= 0.6 is 24.8 Å².